The molecule has 0 atom stereocenters. The summed E-state index contributed by atoms with van der Waals surface area (Å²) in [5, 5.41) is 19.3. The van der Waals surface area contributed by atoms with Crippen LogP contribution >= 0.6 is 11.3 Å². The quantitative estimate of drug-likeness (QED) is 0.661. The van der Waals surface area contributed by atoms with E-state index < -0.39 is 5.97 Å². The second kappa shape index (κ2) is 3.89. The normalized spacial score (nSPS) is 10.9. The number of aromatic carboxylic acids is 1. The number of hydrogen-bond donors (Lipinski definition) is 3. The molecule has 0 aliphatic carbocycles. The van der Waals surface area contributed by atoms with Crippen molar-refractivity contribution in [1.29, 1.82) is 0 Å². The Bertz CT molecular complexity index is 742. The number of benzene rings is 1. The van der Waals surface area contributed by atoms with Gasteiger partial charge in [0, 0.05) is 4.70 Å². The summed E-state index contributed by atoms with van der Waals surface area (Å²) < 4.78 is 0.969. The van der Waals surface area contributed by atoms with Crippen LogP contribution in [0.1, 0.15) is 10.5 Å². The SMILES string of the molecule is O=C(O)c1ccc(-c2cc3ccc(O)cc3s2)[nH]1. The first-order valence-electron chi connectivity index (χ1n) is 5.29. The number of carboxylic acid groups (broad SMARTS) is 1. The van der Waals surface area contributed by atoms with Gasteiger partial charge in [-0.15, -0.1) is 11.3 Å². The molecule has 3 N–H and O–H groups in total. The van der Waals surface area contributed by atoms with E-state index in [1.54, 1.807) is 24.3 Å². The van der Waals surface area contributed by atoms with Crippen molar-refractivity contribution in [2.45, 2.75) is 0 Å². The van der Waals surface area contributed by atoms with Gasteiger partial charge in [-0.05, 0) is 41.8 Å². The van der Waals surface area contributed by atoms with Gasteiger partial charge in [0.2, 0.25) is 0 Å². The summed E-state index contributed by atoms with van der Waals surface area (Å²) in [6.45, 7) is 0. The predicted octanol–water partition coefficient (Wildman–Crippen LogP) is 3.30. The lowest BCUT2D eigenvalue weighted by Gasteiger charge is -1.90. The van der Waals surface area contributed by atoms with Crippen LogP contribution in [0, 0.1) is 0 Å². The van der Waals surface area contributed by atoms with E-state index in [2.05, 4.69) is 4.98 Å². The lowest BCUT2D eigenvalue weighted by Crippen LogP contribution is -1.95. The Morgan fingerprint density at radius 1 is 1.17 bits per heavy atom. The van der Waals surface area contributed by atoms with Crippen molar-refractivity contribution in [2.24, 2.45) is 0 Å². The van der Waals surface area contributed by atoms with E-state index in [1.165, 1.54) is 11.3 Å². The summed E-state index contributed by atoms with van der Waals surface area (Å²) >= 11 is 1.51. The maximum Gasteiger partial charge on any atom is 0.352 e. The van der Waals surface area contributed by atoms with Crippen LogP contribution in [-0.2, 0) is 0 Å². The third kappa shape index (κ3) is 1.74. The third-order valence-corrected chi connectivity index (χ3v) is 3.82. The van der Waals surface area contributed by atoms with Gasteiger partial charge in [-0.2, -0.15) is 0 Å². The molecule has 1 aromatic carbocycles. The van der Waals surface area contributed by atoms with Gasteiger partial charge >= 0.3 is 5.97 Å². The highest BCUT2D eigenvalue weighted by atomic mass is 32.1. The highest BCUT2D eigenvalue weighted by Gasteiger charge is 2.10. The number of rotatable bonds is 2. The molecule has 0 saturated heterocycles. The smallest absolute Gasteiger partial charge is 0.352 e. The number of nitrogens with one attached hydrogen (secondary N) is 1. The van der Waals surface area contributed by atoms with Crippen LogP contribution in [0.25, 0.3) is 20.7 Å². The van der Waals surface area contributed by atoms with Gasteiger partial charge in [-0.1, -0.05) is 0 Å². The van der Waals surface area contributed by atoms with Crippen LogP contribution in [0.5, 0.6) is 5.75 Å². The van der Waals surface area contributed by atoms with Gasteiger partial charge in [-0.25, -0.2) is 4.79 Å². The predicted molar refractivity (Wildman–Crippen MR) is 70.2 cm³/mol. The number of carboxylic acids is 1. The molecule has 0 radical (unpaired) electrons. The van der Waals surface area contributed by atoms with Gasteiger partial charge in [0.05, 0.1) is 10.6 Å². The van der Waals surface area contributed by atoms with Gasteiger partial charge in [0.1, 0.15) is 11.4 Å². The van der Waals surface area contributed by atoms with E-state index >= 15 is 0 Å². The fourth-order valence-corrected chi connectivity index (χ4v) is 2.89. The Kier molecular flexibility index (Phi) is 2.34. The fourth-order valence-electron chi connectivity index (χ4n) is 1.82. The van der Waals surface area contributed by atoms with E-state index in [9.17, 15) is 9.90 Å². The molecule has 3 aromatic rings. The zero-order valence-corrected chi connectivity index (χ0v) is 9.99. The van der Waals surface area contributed by atoms with Gasteiger partial charge in [0.15, 0.2) is 0 Å². The van der Waals surface area contributed by atoms with Gasteiger partial charge in [0.25, 0.3) is 0 Å². The first kappa shape index (κ1) is 10.9. The molecule has 0 aliphatic heterocycles. The van der Waals surface area contributed by atoms with Crippen LogP contribution in [0.4, 0.5) is 0 Å². The highest BCUT2D eigenvalue weighted by Crippen LogP contribution is 2.34. The standard InChI is InChI=1S/C13H9NO3S/c15-8-2-1-7-5-12(18-11(7)6-8)9-3-4-10(14-9)13(16)17/h1-6,14-15H,(H,16,17). The molecule has 0 saturated carbocycles. The van der Waals surface area contributed by atoms with Crippen molar-refractivity contribution in [2.75, 3.05) is 0 Å². The molecule has 3 rings (SSSR count). The molecule has 0 bridgehead atoms. The summed E-state index contributed by atoms with van der Waals surface area (Å²) in [7, 11) is 0. The molecule has 2 aromatic heterocycles. The fraction of sp³-hybridized carbons (Fsp3) is 0. The van der Waals surface area contributed by atoms with E-state index in [1.807, 2.05) is 12.1 Å². The van der Waals surface area contributed by atoms with Crippen LogP contribution in [-0.4, -0.2) is 21.2 Å². The Hall–Kier alpha value is -2.27. The number of hydrogen-bond acceptors (Lipinski definition) is 3. The Labute approximate surface area is 106 Å². The van der Waals surface area contributed by atoms with E-state index in [0.717, 1.165) is 20.7 Å². The number of phenolic OH excluding ortho intramolecular Hbond substituents is 1. The molecule has 0 spiro atoms. The lowest BCUT2D eigenvalue weighted by atomic mass is 10.2. The minimum absolute atomic E-state index is 0.172. The first-order valence-corrected chi connectivity index (χ1v) is 6.10. The van der Waals surface area contributed by atoms with Crippen molar-refractivity contribution in [3.8, 4) is 16.3 Å². The van der Waals surface area contributed by atoms with Gasteiger partial charge < -0.3 is 15.2 Å². The average molecular weight is 259 g/mol. The topological polar surface area (TPSA) is 73.3 Å². The molecular formula is C13H9NO3S. The van der Waals surface area contributed by atoms with Crippen molar-refractivity contribution in [1.82, 2.24) is 4.98 Å². The minimum Gasteiger partial charge on any atom is -0.508 e. The van der Waals surface area contributed by atoms with Gasteiger partial charge in [-0.3, -0.25) is 0 Å². The molecule has 90 valence electrons. The summed E-state index contributed by atoms with van der Waals surface area (Å²) in [5.74, 6) is -0.742. The Balaban J connectivity index is 2.10. The maximum atomic E-state index is 10.8. The number of H-pyrrole nitrogens is 1. The molecule has 0 fully saturated rings. The lowest BCUT2D eigenvalue weighted by molar-refractivity contribution is 0.0691. The highest BCUT2D eigenvalue weighted by molar-refractivity contribution is 7.22. The zero-order valence-electron chi connectivity index (χ0n) is 9.18. The number of aromatic hydroxyl groups is 1. The molecule has 0 unspecified atom stereocenters. The average Bonchev–Trinajstić information content (AvgIpc) is 2.93. The second-order valence-corrected chi connectivity index (χ2v) is 5.01. The molecule has 0 aliphatic rings. The van der Waals surface area contributed by atoms with E-state index in [-0.39, 0.29) is 11.4 Å². The summed E-state index contributed by atoms with van der Waals surface area (Å²) in [4.78, 5) is 14.6. The molecule has 0 amide bonds. The number of thiophene rings is 1. The van der Waals surface area contributed by atoms with Crippen LogP contribution in [0.3, 0.4) is 0 Å². The Morgan fingerprint density at radius 3 is 2.72 bits per heavy atom. The molecule has 5 heteroatoms. The summed E-state index contributed by atoms with van der Waals surface area (Å²) in [6.07, 6.45) is 0. The monoisotopic (exact) mass is 259 g/mol. The van der Waals surface area contributed by atoms with E-state index in [0.29, 0.717) is 0 Å². The molecule has 18 heavy (non-hydrogen) atoms. The number of phenols is 1. The van der Waals surface area contributed by atoms with Crippen molar-refractivity contribution in [3.63, 3.8) is 0 Å². The Morgan fingerprint density at radius 2 is 2.00 bits per heavy atom. The molecular weight excluding hydrogens is 250 g/mol. The molecule has 2 heterocycles. The maximum absolute atomic E-state index is 10.8. The third-order valence-electron chi connectivity index (χ3n) is 2.69. The van der Waals surface area contributed by atoms with Crippen molar-refractivity contribution >= 4 is 27.4 Å². The van der Waals surface area contributed by atoms with Crippen LogP contribution in [0.15, 0.2) is 36.4 Å². The molecule has 4 nitrogen and oxygen atoms in total. The minimum atomic E-state index is -0.972. The van der Waals surface area contributed by atoms with Crippen molar-refractivity contribution < 1.29 is 15.0 Å². The second-order valence-electron chi connectivity index (χ2n) is 3.92. The van der Waals surface area contributed by atoms with Crippen LogP contribution < -0.4 is 0 Å². The number of carbonyl (C=O) groups is 1. The summed E-state index contributed by atoms with van der Waals surface area (Å²) in [5.41, 5.74) is 0.943. The zero-order chi connectivity index (χ0) is 12.7. The van der Waals surface area contributed by atoms with Crippen molar-refractivity contribution in [3.05, 3.63) is 42.1 Å². The first-order chi connectivity index (χ1) is 8.63. The van der Waals surface area contributed by atoms with Crippen LogP contribution in [0.2, 0.25) is 0 Å². The number of aromatic nitrogens is 1. The number of aromatic amines is 1. The largest absolute Gasteiger partial charge is 0.508 e. The number of fused-ring (bicyclic) bond motifs is 1. The van der Waals surface area contributed by atoms with E-state index in [4.69, 9.17) is 5.11 Å². The summed E-state index contributed by atoms with van der Waals surface area (Å²) in [6, 6.07) is 10.4.